The summed E-state index contributed by atoms with van der Waals surface area (Å²) in [4.78, 5) is 12.3. The standard InChI is InChI=1S/C11H18N4OS.ClH/c1-11(2)4-3-5-12-9(11)7-13-10(16)8-6-14-15-17-8;/h6,9,12H,3-5,7H2,1-2H3,(H,13,16);1H. The third-order valence-corrected chi connectivity index (χ3v) is 4.05. The van der Waals surface area contributed by atoms with Gasteiger partial charge in [-0.05, 0) is 36.3 Å². The van der Waals surface area contributed by atoms with Gasteiger partial charge in [0.2, 0.25) is 0 Å². The normalized spacial score (nSPS) is 22.0. The molecule has 1 aliphatic heterocycles. The molecule has 2 rings (SSSR count). The Balaban J connectivity index is 0.00000162. The lowest BCUT2D eigenvalue weighted by Gasteiger charge is -2.39. The smallest absolute Gasteiger partial charge is 0.264 e. The van der Waals surface area contributed by atoms with E-state index in [9.17, 15) is 4.79 Å². The van der Waals surface area contributed by atoms with Gasteiger partial charge in [-0.15, -0.1) is 17.5 Å². The highest BCUT2D eigenvalue weighted by Gasteiger charge is 2.32. The van der Waals surface area contributed by atoms with Gasteiger partial charge in [-0.2, -0.15) is 0 Å². The number of nitrogens with one attached hydrogen (secondary N) is 2. The minimum absolute atomic E-state index is 0. The molecule has 102 valence electrons. The van der Waals surface area contributed by atoms with Gasteiger partial charge in [0.25, 0.3) is 5.91 Å². The zero-order valence-corrected chi connectivity index (χ0v) is 12.2. The van der Waals surface area contributed by atoms with Gasteiger partial charge >= 0.3 is 0 Å². The highest BCUT2D eigenvalue weighted by Crippen LogP contribution is 2.29. The Morgan fingerprint density at radius 2 is 2.44 bits per heavy atom. The van der Waals surface area contributed by atoms with E-state index in [0.29, 0.717) is 17.5 Å². The predicted molar refractivity (Wildman–Crippen MR) is 74.3 cm³/mol. The van der Waals surface area contributed by atoms with E-state index >= 15 is 0 Å². The van der Waals surface area contributed by atoms with Gasteiger partial charge in [-0.3, -0.25) is 4.79 Å². The van der Waals surface area contributed by atoms with Gasteiger partial charge in [0.05, 0.1) is 6.20 Å². The molecule has 1 aliphatic rings. The molecule has 1 aromatic rings. The van der Waals surface area contributed by atoms with Crippen molar-refractivity contribution in [1.29, 1.82) is 0 Å². The number of nitrogens with zero attached hydrogens (tertiary/aromatic N) is 2. The lowest BCUT2D eigenvalue weighted by molar-refractivity contribution is 0.0932. The maximum absolute atomic E-state index is 11.8. The molecule has 1 fully saturated rings. The molecule has 5 nitrogen and oxygen atoms in total. The molecule has 2 N–H and O–H groups in total. The number of carbonyl (C=O) groups is 1. The van der Waals surface area contributed by atoms with Gasteiger partial charge in [-0.25, -0.2) is 0 Å². The summed E-state index contributed by atoms with van der Waals surface area (Å²) in [5, 5.41) is 10.1. The second-order valence-corrected chi connectivity index (χ2v) is 5.88. The van der Waals surface area contributed by atoms with E-state index in [1.165, 1.54) is 19.0 Å². The van der Waals surface area contributed by atoms with Crippen LogP contribution in [0.4, 0.5) is 0 Å². The summed E-state index contributed by atoms with van der Waals surface area (Å²) in [6.45, 7) is 6.17. The molecule has 0 aromatic carbocycles. The summed E-state index contributed by atoms with van der Waals surface area (Å²) in [6.07, 6.45) is 3.90. The highest BCUT2D eigenvalue weighted by molar-refractivity contribution is 7.07. The molecule has 7 heteroatoms. The topological polar surface area (TPSA) is 66.9 Å². The van der Waals surface area contributed by atoms with Crippen molar-refractivity contribution in [2.75, 3.05) is 13.1 Å². The minimum Gasteiger partial charge on any atom is -0.350 e. The number of amides is 1. The van der Waals surface area contributed by atoms with Gasteiger partial charge in [-0.1, -0.05) is 18.3 Å². The van der Waals surface area contributed by atoms with E-state index < -0.39 is 0 Å². The molecular formula is C11H19ClN4OS. The van der Waals surface area contributed by atoms with Crippen LogP contribution in [0.15, 0.2) is 6.20 Å². The van der Waals surface area contributed by atoms with Crippen LogP contribution in [0.1, 0.15) is 36.4 Å². The average molecular weight is 291 g/mol. The van der Waals surface area contributed by atoms with E-state index in [1.54, 1.807) is 0 Å². The van der Waals surface area contributed by atoms with Gasteiger partial charge in [0.15, 0.2) is 0 Å². The Bertz CT molecular complexity index is 382. The quantitative estimate of drug-likeness (QED) is 0.885. The first-order valence-corrected chi connectivity index (χ1v) is 6.66. The molecule has 0 radical (unpaired) electrons. The molecular weight excluding hydrogens is 272 g/mol. The zero-order valence-electron chi connectivity index (χ0n) is 10.6. The first-order chi connectivity index (χ1) is 8.09. The number of piperidine rings is 1. The molecule has 0 bridgehead atoms. The van der Waals surface area contributed by atoms with E-state index in [2.05, 4.69) is 34.1 Å². The fourth-order valence-electron chi connectivity index (χ4n) is 2.17. The van der Waals surface area contributed by atoms with Crippen LogP contribution in [0.3, 0.4) is 0 Å². The maximum atomic E-state index is 11.8. The Labute approximate surface area is 117 Å². The summed E-state index contributed by atoms with van der Waals surface area (Å²) >= 11 is 1.12. The van der Waals surface area contributed by atoms with Crippen LogP contribution in [0, 0.1) is 5.41 Å². The summed E-state index contributed by atoms with van der Waals surface area (Å²) in [5.74, 6) is -0.0804. The van der Waals surface area contributed by atoms with E-state index in [1.807, 2.05) is 0 Å². The number of hydrogen-bond acceptors (Lipinski definition) is 5. The van der Waals surface area contributed by atoms with Crippen LogP contribution >= 0.6 is 23.9 Å². The van der Waals surface area contributed by atoms with Crippen molar-refractivity contribution in [2.24, 2.45) is 5.41 Å². The van der Waals surface area contributed by atoms with Crippen LogP contribution in [0.5, 0.6) is 0 Å². The molecule has 1 unspecified atom stereocenters. The predicted octanol–water partition coefficient (Wildman–Crippen LogP) is 1.47. The summed E-state index contributed by atoms with van der Waals surface area (Å²) in [6, 6.07) is 0.334. The monoisotopic (exact) mass is 290 g/mol. The largest absolute Gasteiger partial charge is 0.350 e. The first kappa shape index (κ1) is 15.3. The second kappa shape index (κ2) is 6.45. The van der Waals surface area contributed by atoms with Gasteiger partial charge < -0.3 is 10.6 Å². The van der Waals surface area contributed by atoms with Crippen molar-refractivity contribution in [3.63, 3.8) is 0 Å². The molecule has 0 spiro atoms. The number of hydrogen-bond donors (Lipinski definition) is 2. The van der Waals surface area contributed by atoms with Crippen molar-refractivity contribution >= 4 is 29.8 Å². The fourth-order valence-corrected chi connectivity index (χ4v) is 2.60. The van der Waals surface area contributed by atoms with Crippen molar-refractivity contribution in [1.82, 2.24) is 20.2 Å². The highest BCUT2D eigenvalue weighted by atomic mass is 35.5. The third-order valence-electron chi connectivity index (χ3n) is 3.38. The van der Waals surface area contributed by atoms with Gasteiger partial charge in [0.1, 0.15) is 4.88 Å². The molecule has 1 aromatic heterocycles. The zero-order chi connectivity index (χ0) is 12.3. The molecule has 0 aliphatic carbocycles. The Morgan fingerprint density at radius 3 is 3.06 bits per heavy atom. The van der Waals surface area contributed by atoms with Crippen molar-refractivity contribution in [2.45, 2.75) is 32.7 Å². The molecule has 0 saturated carbocycles. The minimum atomic E-state index is -0.0804. The number of halogens is 1. The number of carbonyl (C=O) groups excluding carboxylic acids is 1. The molecule has 18 heavy (non-hydrogen) atoms. The SMILES string of the molecule is CC1(C)CCCNC1CNC(=O)c1cnns1.Cl. The Hall–Kier alpha value is -0.720. The van der Waals surface area contributed by atoms with Crippen LogP contribution in [-0.2, 0) is 0 Å². The van der Waals surface area contributed by atoms with E-state index in [4.69, 9.17) is 0 Å². The van der Waals surface area contributed by atoms with E-state index in [0.717, 1.165) is 18.1 Å². The summed E-state index contributed by atoms with van der Waals surface area (Å²) in [5.41, 5.74) is 0.234. The van der Waals surface area contributed by atoms with Gasteiger partial charge in [0, 0.05) is 12.6 Å². The molecule has 1 amide bonds. The lowest BCUT2D eigenvalue weighted by atomic mass is 9.77. The average Bonchev–Trinajstić information content (AvgIpc) is 2.80. The van der Waals surface area contributed by atoms with Crippen molar-refractivity contribution < 1.29 is 4.79 Å². The molecule has 1 atom stereocenters. The summed E-state index contributed by atoms with van der Waals surface area (Å²) < 4.78 is 3.68. The first-order valence-electron chi connectivity index (χ1n) is 5.88. The Kier molecular flexibility index (Phi) is 5.49. The van der Waals surface area contributed by atoms with Crippen molar-refractivity contribution in [3.8, 4) is 0 Å². The fraction of sp³-hybridized carbons (Fsp3) is 0.727. The number of rotatable bonds is 3. The van der Waals surface area contributed by atoms with E-state index in [-0.39, 0.29) is 23.7 Å². The van der Waals surface area contributed by atoms with Crippen LogP contribution in [0.25, 0.3) is 0 Å². The van der Waals surface area contributed by atoms with Crippen molar-refractivity contribution in [3.05, 3.63) is 11.1 Å². The maximum Gasteiger partial charge on any atom is 0.264 e. The molecule has 1 saturated heterocycles. The van der Waals surface area contributed by atoms with Crippen LogP contribution in [0.2, 0.25) is 0 Å². The number of aromatic nitrogens is 2. The molecule has 2 heterocycles. The van der Waals surface area contributed by atoms with Crippen LogP contribution in [-0.4, -0.2) is 34.6 Å². The second-order valence-electron chi connectivity index (χ2n) is 5.09. The lowest BCUT2D eigenvalue weighted by Crippen LogP contribution is -2.52. The third kappa shape index (κ3) is 3.63. The summed E-state index contributed by atoms with van der Waals surface area (Å²) in [7, 11) is 0. The Morgan fingerprint density at radius 1 is 1.67 bits per heavy atom. The van der Waals surface area contributed by atoms with Crippen LogP contribution < -0.4 is 10.6 Å².